The Morgan fingerprint density at radius 3 is 2.50 bits per heavy atom. The van der Waals surface area contributed by atoms with E-state index >= 15 is 0 Å². The Balaban J connectivity index is 1.96. The van der Waals surface area contributed by atoms with Crippen LogP contribution in [0.1, 0.15) is 36.0 Å². The third kappa shape index (κ3) is 2.93. The van der Waals surface area contributed by atoms with Gasteiger partial charge in [0.1, 0.15) is 0 Å². The molecule has 2 heteroatoms. The summed E-state index contributed by atoms with van der Waals surface area (Å²) in [6.45, 7) is 7.37. The highest BCUT2D eigenvalue weighted by molar-refractivity contribution is 5.30. The van der Waals surface area contributed by atoms with Gasteiger partial charge in [0, 0.05) is 13.1 Å². The Morgan fingerprint density at radius 1 is 1.28 bits per heavy atom. The van der Waals surface area contributed by atoms with Crippen LogP contribution in [0.3, 0.4) is 0 Å². The van der Waals surface area contributed by atoms with Crippen LogP contribution in [0.5, 0.6) is 0 Å². The minimum atomic E-state index is 0.410. The maximum Gasteiger partial charge on any atom is 0.0233 e. The summed E-state index contributed by atoms with van der Waals surface area (Å²) in [5, 5.41) is 0. The Kier molecular flexibility index (Phi) is 4.08. The molecule has 0 spiro atoms. The van der Waals surface area contributed by atoms with Crippen LogP contribution >= 0.6 is 0 Å². The summed E-state index contributed by atoms with van der Waals surface area (Å²) < 4.78 is 0. The molecule has 1 aliphatic rings. The molecule has 0 radical (unpaired) electrons. The van der Waals surface area contributed by atoms with Gasteiger partial charge in [-0.25, -0.2) is 0 Å². The number of aryl methyl sites for hydroxylation is 2. The quantitative estimate of drug-likeness (QED) is 0.865. The predicted octanol–water partition coefficient (Wildman–Crippen LogP) is 2.86. The second-order valence-corrected chi connectivity index (χ2v) is 6.16. The molecule has 0 bridgehead atoms. The van der Waals surface area contributed by atoms with Crippen molar-refractivity contribution in [2.24, 2.45) is 11.1 Å². The molecule has 1 aromatic carbocycles. The molecule has 0 saturated heterocycles. The normalized spacial score (nSPS) is 17.8. The van der Waals surface area contributed by atoms with Crippen LogP contribution in [0.15, 0.2) is 18.2 Å². The fourth-order valence-electron chi connectivity index (χ4n) is 3.05. The second kappa shape index (κ2) is 5.41. The van der Waals surface area contributed by atoms with E-state index in [1.165, 1.54) is 36.0 Å². The lowest BCUT2D eigenvalue weighted by atomic mass is 9.68. The minimum Gasteiger partial charge on any atom is -0.330 e. The molecule has 18 heavy (non-hydrogen) atoms. The minimum absolute atomic E-state index is 0.410. The van der Waals surface area contributed by atoms with E-state index in [2.05, 4.69) is 44.0 Å². The third-order valence-electron chi connectivity index (χ3n) is 4.39. The standard InChI is InChI=1S/C16H26N2/c1-13-5-6-15(14(2)9-13)10-18(3)12-16(11-17)7-4-8-16/h5-6,9H,4,7-8,10-12,17H2,1-3H3. The molecule has 2 nitrogen and oxygen atoms in total. The molecule has 2 rings (SSSR count). The van der Waals surface area contributed by atoms with Crippen LogP contribution in [-0.2, 0) is 6.54 Å². The van der Waals surface area contributed by atoms with Gasteiger partial charge >= 0.3 is 0 Å². The Labute approximate surface area is 111 Å². The van der Waals surface area contributed by atoms with Crippen LogP contribution in [0.4, 0.5) is 0 Å². The number of hydrogen-bond donors (Lipinski definition) is 1. The smallest absolute Gasteiger partial charge is 0.0233 e. The Hall–Kier alpha value is -0.860. The zero-order valence-corrected chi connectivity index (χ0v) is 12.0. The molecule has 1 aromatic rings. The monoisotopic (exact) mass is 246 g/mol. The second-order valence-electron chi connectivity index (χ2n) is 6.16. The zero-order chi connectivity index (χ0) is 13.2. The van der Waals surface area contributed by atoms with Gasteiger partial charge in [-0.05, 0) is 56.8 Å². The maximum absolute atomic E-state index is 5.93. The highest BCUT2D eigenvalue weighted by Crippen LogP contribution is 2.40. The fraction of sp³-hybridized carbons (Fsp3) is 0.625. The molecule has 2 N–H and O–H groups in total. The van der Waals surface area contributed by atoms with Gasteiger partial charge in [-0.2, -0.15) is 0 Å². The fourth-order valence-corrected chi connectivity index (χ4v) is 3.05. The van der Waals surface area contributed by atoms with Gasteiger partial charge in [-0.3, -0.25) is 0 Å². The summed E-state index contributed by atoms with van der Waals surface area (Å²) in [5.74, 6) is 0. The molecule has 0 aliphatic heterocycles. The van der Waals surface area contributed by atoms with Crippen LogP contribution in [0.2, 0.25) is 0 Å². The van der Waals surface area contributed by atoms with Crippen molar-refractivity contribution < 1.29 is 0 Å². The highest BCUT2D eigenvalue weighted by Gasteiger charge is 2.36. The van der Waals surface area contributed by atoms with Crippen molar-refractivity contribution in [1.29, 1.82) is 0 Å². The van der Waals surface area contributed by atoms with Crippen LogP contribution in [-0.4, -0.2) is 25.0 Å². The maximum atomic E-state index is 5.93. The van der Waals surface area contributed by atoms with Crippen molar-refractivity contribution >= 4 is 0 Å². The number of nitrogens with zero attached hydrogens (tertiary/aromatic N) is 1. The van der Waals surface area contributed by atoms with E-state index in [0.717, 1.165) is 19.6 Å². The van der Waals surface area contributed by atoms with Gasteiger partial charge in [0.15, 0.2) is 0 Å². The molecule has 100 valence electrons. The van der Waals surface area contributed by atoms with Gasteiger partial charge in [0.2, 0.25) is 0 Å². The summed E-state index contributed by atoms with van der Waals surface area (Å²) in [7, 11) is 2.22. The summed E-state index contributed by atoms with van der Waals surface area (Å²) in [6.07, 6.45) is 3.97. The molecule has 1 fully saturated rings. The Morgan fingerprint density at radius 2 is 2.00 bits per heavy atom. The first-order valence-corrected chi connectivity index (χ1v) is 6.99. The van der Waals surface area contributed by atoms with Gasteiger partial charge in [-0.15, -0.1) is 0 Å². The number of hydrogen-bond acceptors (Lipinski definition) is 2. The number of benzene rings is 1. The van der Waals surface area contributed by atoms with E-state index < -0.39 is 0 Å². The van der Waals surface area contributed by atoms with E-state index in [9.17, 15) is 0 Å². The summed E-state index contributed by atoms with van der Waals surface area (Å²) in [5.41, 5.74) is 10.5. The average Bonchev–Trinajstić information content (AvgIpc) is 2.27. The summed E-state index contributed by atoms with van der Waals surface area (Å²) >= 11 is 0. The first kappa shape index (κ1) is 13.6. The number of rotatable bonds is 5. The van der Waals surface area contributed by atoms with Gasteiger partial charge in [0.05, 0.1) is 0 Å². The number of nitrogens with two attached hydrogens (primary N) is 1. The van der Waals surface area contributed by atoms with E-state index in [-0.39, 0.29) is 0 Å². The third-order valence-corrected chi connectivity index (χ3v) is 4.39. The average molecular weight is 246 g/mol. The van der Waals surface area contributed by atoms with E-state index in [1.807, 2.05) is 0 Å². The van der Waals surface area contributed by atoms with Crippen molar-refractivity contribution in [2.45, 2.75) is 39.7 Å². The van der Waals surface area contributed by atoms with Crippen molar-refractivity contribution in [3.63, 3.8) is 0 Å². The van der Waals surface area contributed by atoms with Crippen molar-refractivity contribution in [3.05, 3.63) is 34.9 Å². The topological polar surface area (TPSA) is 29.3 Å². The van der Waals surface area contributed by atoms with E-state index in [4.69, 9.17) is 5.73 Å². The molecule has 1 aliphatic carbocycles. The van der Waals surface area contributed by atoms with Gasteiger partial charge < -0.3 is 10.6 Å². The predicted molar refractivity (Wildman–Crippen MR) is 77.6 cm³/mol. The van der Waals surface area contributed by atoms with Gasteiger partial charge in [0.25, 0.3) is 0 Å². The van der Waals surface area contributed by atoms with E-state index in [0.29, 0.717) is 5.41 Å². The molecule has 0 heterocycles. The lowest BCUT2D eigenvalue weighted by Gasteiger charge is -2.43. The molecule has 0 unspecified atom stereocenters. The molecular formula is C16H26N2. The SMILES string of the molecule is Cc1ccc(CN(C)CC2(CN)CCC2)c(C)c1. The molecule has 0 aromatic heterocycles. The zero-order valence-electron chi connectivity index (χ0n) is 12.0. The lowest BCUT2D eigenvalue weighted by molar-refractivity contribution is 0.0844. The first-order valence-electron chi connectivity index (χ1n) is 6.99. The molecule has 1 saturated carbocycles. The lowest BCUT2D eigenvalue weighted by Crippen LogP contribution is -2.45. The van der Waals surface area contributed by atoms with Crippen LogP contribution < -0.4 is 5.73 Å². The largest absolute Gasteiger partial charge is 0.330 e. The van der Waals surface area contributed by atoms with Crippen LogP contribution in [0, 0.1) is 19.3 Å². The van der Waals surface area contributed by atoms with Crippen molar-refractivity contribution in [3.8, 4) is 0 Å². The molecule has 0 amide bonds. The first-order chi connectivity index (χ1) is 8.54. The molecule has 0 atom stereocenters. The van der Waals surface area contributed by atoms with E-state index in [1.54, 1.807) is 0 Å². The van der Waals surface area contributed by atoms with Crippen molar-refractivity contribution in [2.75, 3.05) is 20.1 Å². The van der Waals surface area contributed by atoms with Crippen LogP contribution in [0.25, 0.3) is 0 Å². The van der Waals surface area contributed by atoms with Gasteiger partial charge in [-0.1, -0.05) is 30.2 Å². The van der Waals surface area contributed by atoms with Crippen molar-refractivity contribution in [1.82, 2.24) is 4.90 Å². The summed E-state index contributed by atoms with van der Waals surface area (Å²) in [6, 6.07) is 6.74. The summed E-state index contributed by atoms with van der Waals surface area (Å²) in [4.78, 5) is 2.43. The molecular weight excluding hydrogens is 220 g/mol. The highest BCUT2D eigenvalue weighted by atomic mass is 15.1. The Bertz CT molecular complexity index is 402.